The fourth-order valence-corrected chi connectivity index (χ4v) is 1.46. The summed E-state index contributed by atoms with van der Waals surface area (Å²) in [6, 6.07) is 2.64. The van der Waals surface area contributed by atoms with E-state index in [0.29, 0.717) is 12.0 Å². The Kier molecular flexibility index (Phi) is 3.48. The van der Waals surface area contributed by atoms with Crippen LogP contribution in [0.25, 0.3) is 0 Å². The van der Waals surface area contributed by atoms with E-state index in [4.69, 9.17) is 0 Å². The lowest BCUT2D eigenvalue weighted by Gasteiger charge is -2.14. The fourth-order valence-electron chi connectivity index (χ4n) is 1.46. The second-order valence-corrected chi connectivity index (χ2v) is 3.74. The van der Waals surface area contributed by atoms with Crippen LogP contribution in [0.4, 0.5) is 0 Å². The molecule has 1 rings (SSSR count). The van der Waals surface area contributed by atoms with Crippen molar-refractivity contribution in [1.29, 1.82) is 0 Å². The molecule has 1 heterocycles. The second-order valence-electron chi connectivity index (χ2n) is 3.74. The maximum atomic E-state index is 4.39. The van der Waals surface area contributed by atoms with Crippen LogP contribution in [-0.4, -0.2) is 22.9 Å². The highest BCUT2D eigenvalue weighted by Crippen LogP contribution is 2.17. The summed E-state index contributed by atoms with van der Waals surface area (Å²) >= 11 is 0. The highest BCUT2D eigenvalue weighted by molar-refractivity contribution is 5.05. The van der Waals surface area contributed by atoms with E-state index in [1.165, 1.54) is 5.69 Å². The highest BCUT2D eigenvalue weighted by Gasteiger charge is 2.11. The van der Waals surface area contributed by atoms with E-state index < -0.39 is 0 Å². The SMILES string of the molecule is CNC(C)CC(C)c1ccn(C)n1. The Morgan fingerprint density at radius 2 is 2.23 bits per heavy atom. The third-order valence-electron chi connectivity index (χ3n) is 2.44. The van der Waals surface area contributed by atoms with Gasteiger partial charge in [0.1, 0.15) is 0 Å². The van der Waals surface area contributed by atoms with Gasteiger partial charge in [0, 0.05) is 25.2 Å². The Hall–Kier alpha value is -0.830. The molecule has 1 N–H and O–H groups in total. The van der Waals surface area contributed by atoms with Gasteiger partial charge in [0.2, 0.25) is 0 Å². The predicted molar refractivity (Wildman–Crippen MR) is 54.8 cm³/mol. The standard InChI is InChI=1S/C10H19N3/c1-8(7-9(2)11-3)10-5-6-13(4)12-10/h5-6,8-9,11H,7H2,1-4H3. The molecule has 0 saturated heterocycles. The van der Waals surface area contributed by atoms with Gasteiger partial charge >= 0.3 is 0 Å². The molecule has 1 aromatic rings. The van der Waals surface area contributed by atoms with Gasteiger partial charge in [0.15, 0.2) is 0 Å². The second kappa shape index (κ2) is 4.42. The highest BCUT2D eigenvalue weighted by atomic mass is 15.2. The van der Waals surface area contributed by atoms with Gasteiger partial charge in [0.05, 0.1) is 5.69 Å². The lowest BCUT2D eigenvalue weighted by Crippen LogP contribution is -2.23. The summed E-state index contributed by atoms with van der Waals surface area (Å²) in [5, 5.41) is 7.62. The van der Waals surface area contributed by atoms with E-state index in [1.54, 1.807) is 0 Å². The van der Waals surface area contributed by atoms with Gasteiger partial charge < -0.3 is 5.32 Å². The number of nitrogens with one attached hydrogen (secondary N) is 1. The molecule has 0 aliphatic heterocycles. The molecule has 0 amide bonds. The number of nitrogens with zero attached hydrogens (tertiary/aromatic N) is 2. The first-order valence-corrected chi connectivity index (χ1v) is 4.80. The van der Waals surface area contributed by atoms with Crippen molar-refractivity contribution < 1.29 is 0 Å². The number of aromatic nitrogens is 2. The fraction of sp³-hybridized carbons (Fsp3) is 0.700. The zero-order chi connectivity index (χ0) is 9.84. The zero-order valence-corrected chi connectivity index (χ0v) is 8.91. The maximum Gasteiger partial charge on any atom is 0.0653 e. The molecule has 0 spiro atoms. The van der Waals surface area contributed by atoms with E-state index in [-0.39, 0.29) is 0 Å². The van der Waals surface area contributed by atoms with Crippen molar-refractivity contribution in [2.75, 3.05) is 7.05 Å². The van der Waals surface area contributed by atoms with Gasteiger partial charge in [-0.2, -0.15) is 5.10 Å². The molecule has 0 aliphatic carbocycles. The molecule has 3 nitrogen and oxygen atoms in total. The van der Waals surface area contributed by atoms with Crippen LogP contribution in [0.5, 0.6) is 0 Å². The average molecular weight is 181 g/mol. The minimum Gasteiger partial charge on any atom is -0.317 e. The summed E-state index contributed by atoms with van der Waals surface area (Å²) < 4.78 is 1.86. The van der Waals surface area contributed by atoms with Crippen LogP contribution < -0.4 is 5.32 Å². The molecular formula is C10H19N3. The molecule has 74 valence electrons. The van der Waals surface area contributed by atoms with Crippen LogP contribution >= 0.6 is 0 Å². The Labute approximate surface area is 80.1 Å². The van der Waals surface area contributed by atoms with E-state index in [2.05, 4.69) is 30.3 Å². The Bertz CT molecular complexity index is 254. The monoisotopic (exact) mass is 181 g/mol. The first-order chi connectivity index (χ1) is 6.13. The molecule has 0 aliphatic rings. The van der Waals surface area contributed by atoms with Crippen molar-refractivity contribution in [3.8, 4) is 0 Å². The predicted octanol–water partition coefficient (Wildman–Crippen LogP) is 1.52. The Morgan fingerprint density at radius 3 is 2.69 bits per heavy atom. The van der Waals surface area contributed by atoms with E-state index in [0.717, 1.165) is 6.42 Å². The summed E-state index contributed by atoms with van der Waals surface area (Å²) in [5.41, 5.74) is 1.18. The van der Waals surface area contributed by atoms with Gasteiger partial charge in [-0.1, -0.05) is 6.92 Å². The van der Waals surface area contributed by atoms with Crippen LogP contribution in [-0.2, 0) is 7.05 Å². The first-order valence-electron chi connectivity index (χ1n) is 4.80. The summed E-state index contributed by atoms with van der Waals surface area (Å²) in [6.45, 7) is 4.41. The molecule has 0 radical (unpaired) electrons. The van der Waals surface area contributed by atoms with Gasteiger partial charge in [0.25, 0.3) is 0 Å². The maximum absolute atomic E-state index is 4.39. The number of rotatable bonds is 4. The molecule has 3 heteroatoms. The van der Waals surface area contributed by atoms with Crippen molar-refractivity contribution >= 4 is 0 Å². The lowest BCUT2D eigenvalue weighted by molar-refractivity contribution is 0.506. The minimum atomic E-state index is 0.531. The summed E-state index contributed by atoms with van der Waals surface area (Å²) in [5.74, 6) is 0.531. The van der Waals surface area contributed by atoms with Gasteiger partial charge in [-0.15, -0.1) is 0 Å². The molecule has 2 atom stereocenters. The lowest BCUT2D eigenvalue weighted by atomic mass is 10.00. The third-order valence-corrected chi connectivity index (χ3v) is 2.44. The molecule has 0 bridgehead atoms. The first kappa shape index (κ1) is 10.3. The third kappa shape index (κ3) is 2.84. The summed E-state index contributed by atoms with van der Waals surface area (Å²) in [6.07, 6.45) is 3.13. The van der Waals surface area contributed by atoms with Crippen LogP contribution in [0.15, 0.2) is 12.3 Å². The van der Waals surface area contributed by atoms with Gasteiger partial charge in [-0.3, -0.25) is 4.68 Å². The number of hydrogen-bond acceptors (Lipinski definition) is 2. The average Bonchev–Trinajstić information content (AvgIpc) is 2.51. The van der Waals surface area contributed by atoms with Crippen LogP contribution in [0.3, 0.4) is 0 Å². The van der Waals surface area contributed by atoms with Crippen molar-refractivity contribution in [3.63, 3.8) is 0 Å². The summed E-state index contributed by atoms with van der Waals surface area (Å²) in [4.78, 5) is 0. The Morgan fingerprint density at radius 1 is 1.54 bits per heavy atom. The van der Waals surface area contributed by atoms with Gasteiger partial charge in [-0.25, -0.2) is 0 Å². The molecule has 13 heavy (non-hydrogen) atoms. The normalized spacial score (nSPS) is 15.7. The smallest absolute Gasteiger partial charge is 0.0653 e. The van der Waals surface area contributed by atoms with Gasteiger partial charge in [-0.05, 0) is 26.5 Å². The van der Waals surface area contributed by atoms with Crippen molar-refractivity contribution in [3.05, 3.63) is 18.0 Å². The van der Waals surface area contributed by atoms with E-state index in [1.807, 2.05) is 25.0 Å². The van der Waals surface area contributed by atoms with Crippen LogP contribution in [0, 0.1) is 0 Å². The largest absolute Gasteiger partial charge is 0.317 e. The van der Waals surface area contributed by atoms with Crippen molar-refractivity contribution in [2.24, 2.45) is 7.05 Å². The molecular weight excluding hydrogens is 162 g/mol. The number of aryl methyl sites for hydroxylation is 1. The zero-order valence-electron chi connectivity index (χ0n) is 8.91. The molecule has 0 fully saturated rings. The minimum absolute atomic E-state index is 0.531. The van der Waals surface area contributed by atoms with E-state index >= 15 is 0 Å². The molecule has 1 aromatic heterocycles. The van der Waals surface area contributed by atoms with Crippen molar-refractivity contribution in [1.82, 2.24) is 15.1 Å². The number of hydrogen-bond donors (Lipinski definition) is 1. The molecule has 0 saturated carbocycles. The quantitative estimate of drug-likeness (QED) is 0.763. The van der Waals surface area contributed by atoms with Crippen LogP contribution in [0.2, 0.25) is 0 Å². The molecule has 0 aromatic carbocycles. The van der Waals surface area contributed by atoms with E-state index in [9.17, 15) is 0 Å². The topological polar surface area (TPSA) is 29.9 Å². The Balaban J connectivity index is 2.53. The summed E-state index contributed by atoms with van der Waals surface area (Å²) in [7, 11) is 3.95. The van der Waals surface area contributed by atoms with Crippen LogP contribution in [0.1, 0.15) is 31.9 Å². The molecule has 2 unspecified atom stereocenters. The van der Waals surface area contributed by atoms with Crippen molar-refractivity contribution in [2.45, 2.75) is 32.2 Å².